The van der Waals surface area contributed by atoms with Crippen LogP contribution in [0.2, 0.25) is 0 Å². The number of nitrogens with one attached hydrogen (secondary N) is 1. The number of rotatable bonds is 6. The van der Waals surface area contributed by atoms with Crippen LogP contribution in [-0.4, -0.2) is 25.7 Å². The zero-order valence-electron chi connectivity index (χ0n) is 13.3. The molecule has 0 unspecified atom stereocenters. The molecule has 0 amide bonds. The lowest BCUT2D eigenvalue weighted by atomic mass is 10.2. The van der Waals surface area contributed by atoms with E-state index in [9.17, 15) is 0 Å². The SMILES string of the molecule is CC(C)N(Cc1ccccc1)Cn1[nH]c(-c2cccs2)nc1=S. The molecule has 0 saturated heterocycles. The molecular weight excluding hydrogens is 324 g/mol. The molecule has 0 saturated carbocycles. The number of aromatic nitrogens is 3. The number of H-pyrrole nitrogens is 1. The van der Waals surface area contributed by atoms with Gasteiger partial charge in [0.15, 0.2) is 5.82 Å². The molecule has 2 aromatic heterocycles. The maximum atomic E-state index is 5.41. The number of hydrogen-bond acceptors (Lipinski definition) is 4. The molecule has 2 heterocycles. The van der Waals surface area contributed by atoms with E-state index >= 15 is 0 Å². The highest BCUT2D eigenvalue weighted by Gasteiger charge is 2.13. The first-order valence-electron chi connectivity index (χ1n) is 7.62. The van der Waals surface area contributed by atoms with Gasteiger partial charge in [0.2, 0.25) is 4.77 Å². The van der Waals surface area contributed by atoms with Crippen molar-refractivity contribution < 1.29 is 0 Å². The lowest BCUT2D eigenvalue weighted by Gasteiger charge is -2.26. The number of benzene rings is 1. The first-order chi connectivity index (χ1) is 11.1. The fraction of sp³-hybridized carbons (Fsp3) is 0.294. The molecule has 6 heteroatoms. The van der Waals surface area contributed by atoms with Gasteiger partial charge < -0.3 is 0 Å². The van der Waals surface area contributed by atoms with Crippen LogP contribution in [0, 0.1) is 4.77 Å². The molecule has 0 bridgehead atoms. The molecule has 3 rings (SSSR count). The third-order valence-corrected chi connectivity index (χ3v) is 4.90. The van der Waals surface area contributed by atoms with E-state index in [0.29, 0.717) is 17.5 Å². The third-order valence-electron chi connectivity index (χ3n) is 3.72. The van der Waals surface area contributed by atoms with Gasteiger partial charge in [0, 0.05) is 12.6 Å². The summed E-state index contributed by atoms with van der Waals surface area (Å²) in [5.74, 6) is 0.841. The molecule has 0 atom stereocenters. The summed E-state index contributed by atoms with van der Waals surface area (Å²) in [6.45, 7) is 5.98. The van der Waals surface area contributed by atoms with Gasteiger partial charge in [0.1, 0.15) is 0 Å². The summed E-state index contributed by atoms with van der Waals surface area (Å²) in [5, 5.41) is 5.37. The van der Waals surface area contributed by atoms with E-state index in [1.807, 2.05) is 28.3 Å². The first-order valence-corrected chi connectivity index (χ1v) is 8.91. The second-order valence-electron chi connectivity index (χ2n) is 5.73. The summed E-state index contributed by atoms with van der Waals surface area (Å²) in [4.78, 5) is 7.95. The van der Waals surface area contributed by atoms with Gasteiger partial charge in [-0.25, -0.2) is 4.68 Å². The van der Waals surface area contributed by atoms with E-state index in [1.54, 1.807) is 11.3 Å². The van der Waals surface area contributed by atoms with Crippen LogP contribution < -0.4 is 0 Å². The maximum Gasteiger partial charge on any atom is 0.217 e. The number of hydrogen-bond donors (Lipinski definition) is 1. The number of nitrogens with zero attached hydrogens (tertiary/aromatic N) is 3. The molecule has 3 aromatic rings. The van der Waals surface area contributed by atoms with Gasteiger partial charge >= 0.3 is 0 Å². The van der Waals surface area contributed by atoms with Crippen molar-refractivity contribution in [1.29, 1.82) is 0 Å². The highest BCUT2D eigenvalue weighted by atomic mass is 32.1. The molecule has 120 valence electrons. The fourth-order valence-corrected chi connectivity index (χ4v) is 3.23. The van der Waals surface area contributed by atoms with Gasteiger partial charge in [-0.15, -0.1) is 11.3 Å². The Balaban J connectivity index is 1.79. The Morgan fingerprint density at radius 1 is 1.22 bits per heavy atom. The summed E-state index contributed by atoms with van der Waals surface area (Å²) in [7, 11) is 0. The predicted octanol–water partition coefficient (Wildman–Crippen LogP) is 4.54. The Bertz CT molecular complexity index is 788. The average Bonchev–Trinajstić information content (AvgIpc) is 3.18. The van der Waals surface area contributed by atoms with E-state index in [4.69, 9.17) is 12.2 Å². The number of aromatic amines is 1. The highest BCUT2D eigenvalue weighted by Crippen LogP contribution is 2.21. The minimum atomic E-state index is 0.408. The van der Waals surface area contributed by atoms with Crippen molar-refractivity contribution in [3.8, 4) is 10.7 Å². The smallest absolute Gasteiger partial charge is 0.217 e. The molecule has 0 radical (unpaired) electrons. The van der Waals surface area contributed by atoms with Crippen molar-refractivity contribution in [2.24, 2.45) is 0 Å². The van der Waals surface area contributed by atoms with Crippen LogP contribution in [0.15, 0.2) is 47.8 Å². The van der Waals surface area contributed by atoms with Crippen LogP contribution in [0.4, 0.5) is 0 Å². The maximum absolute atomic E-state index is 5.41. The van der Waals surface area contributed by atoms with Gasteiger partial charge in [0.05, 0.1) is 11.5 Å². The van der Waals surface area contributed by atoms with Crippen molar-refractivity contribution in [1.82, 2.24) is 19.7 Å². The molecule has 1 N–H and O–H groups in total. The molecule has 1 aromatic carbocycles. The summed E-state index contributed by atoms with van der Waals surface area (Å²) < 4.78 is 2.53. The Morgan fingerprint density at radius 3 is 2.65 bits per heavy atom. The minimum Gasteiger partial charge on any atom is -0.278 e. The molecule has 0 aliphatic rings. The lowest BCUT2D eigenvalue weighted by molar-refractivity contribution is 0.153. The van der Waals surface area contributed by atoms with E-state index in [-0.39, 0.29) is 0 Å². The van der Waals surface area contributed by atoms with Crippen LogP contribution >= 0.6 is 23.6 Å². The zero-order chi connectivity index (χ0) is 16.2. The number of thiophene rings is 1. The van der Waals surface area contributed by atoms with Gasteiger partial charge in [-0.1, -0.05) is 36.4 Å². The standard InChI is InChI=1S/C17H20N4S2/c1-13(2)20(11-14-7-4-3-5-8-14)12-21-17(22)18-16(19-21)15-9-6-10-23-15/h3-10,13H,11-12H2,1-2H3,(H,18,19,22). The topological polar surface area (TPSA) is 36.9 Å². The van der Waals surface area contributed by atoms with Crippen LogP contribution in [0.1, 0.15) is 19.4 Å². The second-order valence-corrected chi connectivity index (χ2v) is 7.04. The highest BCUT2D eigenvalue weighted by molar-refractivity contribution is 7.71. The summed E-state index contributed by atoms with van der Waals surface area (Å²) >= 11 is 7.07. The van der Waals surface area contributed by atoms with Crippen molar-refractivity contribution in [2.75, 3.05) is 0 Å². The second kappa shape index (κ2) is 7.21. The molecule has 23 heavy (non-hydrogen) atoms. The minimum absolute atomic E-state index is 0.408. The van der Waals surface area contributed by atoms with Crippen LogP contribution in [0.5, 0.6) is 0 Å². The van der Waals surface area contributed by atoms with Crippen molar-refractivity contribution in [3.05, 3.63) is 58.2 Å². The van der Waals surface area contributed by atoms with E-state index in [1.165, 1.54) is 5.56 Å². The normalized spacial score (nSPS) is 11.5. The summed E-state index contributed by atoms with van der Waals surface area (Å²) in [6.07, 6.45) is 0. The Morgan fingerprint density at radius 2 is 2.00 bits per heavy atom. The van der Waals surface area contributed by atoms with E-state index in [2.05, 4.69) is 53.1 Å². The Hall–Kier alpha value is -1.76. The largest absolute Gasteiger partial charge is 0.278 e. The van der Waals surface area contributed by atoms with Crippen molar-refractivity contribution >= 4 is 23.6 Å². The van der Waals surface area contributed by atoms with E-state index < -0.39 is 0 Å². The van der Waals surface area contributed by atoms with Crippen LogP contribution in [-0.2, 0) is 13.2 Å². The third kappa shape index (κ3) is 3.96. The van der Waals surface area contributed by atoms with Gasteiger partial charge in [0.25, 0.3) is 0 Å². The molecule has 0 spiro atoms. The van der Waals surface area contributed by atoms with E-state index in [0.717, 1.165) is 17.2 Å². The van der Waals surface area contributed by atoms with Crippen LogP contribution in [0.25, 0.3) is 10.7 Å². The first kappa shape index (κ1) is 16.1. The quantitative estimate of drug-likeness (QED) is 0.667. The van der Waals surface area contributed by atoms with Crippen molar-refractivity contribution in [2.45, 2.75) is 33.1 Å². The average molecular weight is 345 g/mol. The molecule has 0 fully saturated rings. The van der Waals surface area contributed by atoms with Gasteiger partial charge in [-0.05, 0) is 43.1 Å². The van der Waals surface area contributed by atoms with Gasteiger partial charge in [-0.3, -0.25) is 10.00 Å². The van der Waals surface area contributed by atoms with Crippen molar-refractivity contribution in [3.63, 3.8) is 0 Å². The molecular formula is C17H20N4S2. The molecule has 0 aliphatic heterocycles. The monoisotopic (exact) mass is 344 g/mol. The predicted molar refractivity (Wildman–Crippen MR) is 97.8 cm³/mol. The Labute approximate surface area is 145 Å². The zero-order valence-corrected chi connectivity index (χ0v) is 14.9. The summed E-state index contributed by atoms with van der Waals surface area (Å²) in [5.41, 5.74) is 1.30. The van der Waals surface area contributed by atoms with Gasteiger partial charge in [-0.2, -0.15) is 4.98 Å². The molecule has 4 nitrogen and oxygen atoms in total. The molecule has 0 aliphatic carbocycles. The fourth-order valence-electron chi connectivity index (χ4n) is 2.37. The summed E-state index contributed by atoms with van der Waals surface area (Å²) in [6, 6.07) is 15.0. The Kier molecular flexibility index (Phi) is 5.05. The lowest BCUT2D eigenvalue weighted by Crippen LogP contribution is -2.32. The van der Waals surface area contributed by atoms with Crippen LogP contribution in [0.3, 0.4) is 0 Å².